The summed E-state index contributed by atoms with van der Waals surface area (Å²) >= 11 is 0. The van der Waals surface area contributed by atoms with Crippen LogP contribution in [0.15, 0.2) is 12.7 Å². The van der Waals surface area contributed by atoms with Gasteiger partial charge < -0.3 is 10.6 Å². The van der Waals surface area contributed by atoms with Gasteiger partial charge in [0.1, 0.15) is 0 Å². The molecule has 0 aliphatic carbocycles. The molecule has 1 amide bonds. The smallest absolute Gasteiger partial charge is 0.222 e. The summed E-state index contributed by atoms with van der Waals surface area (Å²) in [5.41, 5.74) is 5.77. The summed E-state index contributed by atoms with van der Waals surface area (Å²) in [5.74, 6) is 1.21. The number of amides is 1. The summed E-state index contributed by atoms with van der Waals surface area (Å²) in [6.07, 6.45) is 3.57. The third-order valence-corrected chi connectivity index (χ3v) is 3.71. The van der Waals surface area contributed by atoms with E-state index in [1.54, 1.807) is 0 Å². The lowest BCUT2D eigenvalue weighted by Crippen LogP contribution is -2.49. The zero-order valence-corrected chi connectivity index (χ0v) is 12.5. The average molecular weight is 267 g/mol. The van der Waals surface area contributed by atoms with Gasteiger partial charge in [-0.15, -0.1) is 6.58 Å². The molecule has 19 heavy (non-hydrogen) atoms. The molecule has 1 heterocycles. The summed E-state index contributed by atoms with van der Waals surface area (Å²) < 4.78 is 0. The summed E-state index contributed by atoms with van der Waals surface area (Å²) in [6.45, 7) is 13.2. The molecule has 4 nitrogen and oxygen atoms in total. The molecule has 0 aromatic rings. The molecule has 1 aliphatic heterocycles. The van der Waals surface area contributed by atoms with Crippen molar-refractivity contribution in [2.45, 2.75) is 26.7 Å². The number of piperazine rings is 1. The minimum atomic E-state index is 0.273. The van der Waals surface area contributed by atoms with Crippen LogP contribution in [0.3, 0.4) is 0 Å². The molecule has 2 N–H and O–H groups in total. The number of hydrogen-bond donors (Lipinski definition) is 1. The van der Waals surface area contributed by atoms with Crippen molar-refractivity contribution in [2.24, 2.45) is 17.6 Å². The van der Waals surface area contributed by atoms with Gasteiger partial charge in [-0.1, -0.05) is 19.9 Å². The molecule has 0 bridgehead atoms. The number of nitrogens with zero attached hydrogens (tertiary/aromatic N) is 2. The van der Waals surface area contributed by atoms with Crippen molar-refractivity contribution < 1.29 is 4.79 Å². The van der Waals surface area contributed by atoms with E-state index >= 15 is 0 Å². The Morgan fingerprint density at radius 2 is 1.95 bits per heavy atom. The highest BCUT2D eigenvalue weighted by Crippen LogP contribution is 2.16. The molecule has 1 rings (SSSR count). The Morgan fingerprint density at radius 3 is 2.42 bits per heavy atom. The number of carbonyl (C=O) groups is 1. The second kappa shape index (κ2) is 8.33. The Hall–Kier alpha value is -0.870. The molecule has 0 aromatic carbocycles. The molecule has 0 saturated carbocycles. The van der Waals surface area contributed by atoms with Crippen LogP contribution in [-0.4, -0.2) is 55.0 Å². The summed E-state index contributed by atoms with van der Waals surface area (Å²) in [5, 5.41) is 0. The van der Waals surface area contributed by atoms with Crippen LogP contribution >= 0.6 is 0 Å². The van der Waals surface area contributed by atoms with Crippen molar-refractivity contribution in [3.05, 3.63) is 12.7 Å². The van der Waals surface area contributed by atoms with Crippen LogP contribution in [0.25, 0.3) is 0 Å². The SMILES string of the molecule is C=CCN1CCN(C(=O)C[C@@H](CN)CC(C)C)CC1. The van der Waals surface area contributed by atoms with E-state index in [1.165, 1.54) is 0 Å². The minimum absolute atomic E-state index is 0.273. The lowest BCUT2D eigenvalue weighted by atomic mass is 9.93. The van der Waals surface area contributed by atoms with Gasteiger partial charge in [0.05, 0.1) is 0 Å². The lowest BCUT2D eigenvalue weighted by molar-refractivity contribution is -0.133. The number of carbonyl (C=O) groups excluding carboxylic acids is 1. The molecular weight excluding hydrogens is 238 g/mol. The van der Waals surface area contributed by atoms with Crippen molar-refractivity contribution in [1.29, 1.82) is 0 Å². The topological polar surface area (TPSA) is 49.6 Å². The third-order valence-electron chi connectivity index (χ3n) is 3.71. The van der Waals surface area contributed by atoms with Gasteiger partial charge in [0.2, 0.25) is 5.91 Å². The first-order valence-electron chi connectivity index (χ1n) is 7.37. The molecule has 1 saturated heterocycles. The first kappa shape index (κ1) is 16.2. The van der Waals surface area contributed by atoms with E-state index in [1.807, 2.05) is 11.0 Å². The van der Waals surface area contributed by atoms with Crippen molar-refractivity contribution in [3.8, 4) is 0 Å². The quantitative estimate of drug-likeness (QED) is 0.708. The van der Waals surface area contributed by atoms with Crippen LogP contribution in [0, 0.1) is 11.8 Å². The summed E-state index contributed by atoms with van der Waals surface area (Å²) in [7, 11) is 0. The molecule has 0 unspecified atom stereocenters. The van der Waals surface area contributed by atoms with Crippen molar-refractivity contribution in [2.75, 3.05) is 39.3 Å². The normalized spacial score (nSPS) is 18.6. The predicted octanol–water partition coefficient (Wildman–Crippen LogP) is 1.33. The van der Waals surface area contributed by atoms with Gasteiger partial charge in [0, 0.05) is 39.1 Å². The van der Waals surface area contributed by atoms with E-state index in [4.69, 9.17) is 5.73 Å². The average Bonchev–Trinajstić information content (AvgIpc) is 2.38. The third kappa shape index (κ3) is 5.74. The van der Waals surface area contributed by atoms with Crippen molar-refractivity contribution in [1.82, 2.24) is 9.80 Å². The second-order valence-electron chi connectivity index (χ2n) is 5.91. The predicted molar refractivity (Wildman–Crippen MR) is 79.8 cm³/mol. The minimum Gasteiger partial charge on any atom is -0.340 e. The summed E-state index contributed by atoms with van der Waals surface area (Å²) in [6, 6.07) is 0. The Labute approximate surface area is 117 Å². The Bertz CT molecular complexity index is 283. The van der Waals surface area contributed by atoms with E-state index in [-0.39, 0.29) is 5.91 Å². The van der Waals surface area contributed by atoms with Crippen molar-refractivity contribution in [3.63, 3.8) is 0 Å². The van der Waals surface area contributed by atoms with Crippen LogP contribution in [0.1, 0.15) is 26.7 Å². The summed E-state index contributed by atoms with van der Waals surface area (Å²) in [4.78, 5) is 16.6. The van der Waals surface area contributed by atoms with E-state index in [9.17, 15) is 4.79 Å². The highest BCUT2D eigenvalue weighted by Gasteiger charge is 2.22. The van der Waals surface area contributed by atoms with Gasteiger partial charge in [-0.2, -0.15) is 0 Å². The van der Waals surface area contributed by atoms with Gasteiger partial charge in [0.25, 0.3) is 0 Å². The fourth-order valence-electron chi connectivity index (χ4n) is 2.67. The van der Waals surface area contributed by atoms with E-state index in [0.29, 0.717) is 24.8 Å². The Kier molecular flexibility index (Phi) is 7.10. The van der Waals surface area contributed by atoms with Crippen molar-refractivity contribution >= 4 is 5.91 Å². The molecule has 1 atom stereocenters. The zero-order chi connectivity index (χ0) is 14.3. The largest absolute Gasteiger partial charge is 0.340 e. The molecule has 1 fully saturated rings. The van der Waals surface area contributed by atoms with Crippen LogP contribution < -0.4 is 5.73 Å². The van der Waals surface area contributed by atoms with Crippen LogP contribution in [0.4, 0.5) is 0 Å². The second-order valence-corrected chi connectivity index (χ2v) is 5.91. The fraction of sp³-hybridized carbons (Fsp3) is 0.800. The lowest BCUT2D eigenvalue weighted by Gasteiger charge is -2.35. The van der Waals surface area contributed by atoms with E-state index in [2.05, 4.69) is 25.3 Å². The first-order valence-corrected chi connectivity index (χ1v) is 7.37. The van der Waals surface area contributed by atoms with Gasteiger partial charge in [0.15, 0.2) is 0 Å². The maximum atomic E-state index is 12.2. The van der Waals surface area contributed by atoms with Crippen LogP contribution in [-0.2, 0) is 4.79 Å². The number of hydrogen-bond acceptors (Lipinski definition) is 3. The molecule has 110 valence electrons. The Morgan fingerprint density at radius 1 is 1.32 bits per heavy atom. The monoisotopic (exact) mass is 267 g/mol. The standard InChI is InChI=1S/C15H29N3O/c1-4-5-17-6-8-18(9-7-17)15(19)11-14(12-16)10-13(2)3/h4,13-14H,1,5-12,16H2,2-3H3/t14-/m0/s1. The number of nitrogens with two attached hydrogens (primary N) is 1. The highest BCUT2D eigenvalue weighted by molar-refractivity contribution is 5.76. The van der Waals surface area contributed by atoms with E-state index in [0.717, 1.165) is 39.1 Å². The Balaban J connectivity index is 2.35. The molecule has 0 radical (unpaired) electrons. The van der Waals surface area contributed by atoms with Crippen LogP contribution in [0.5, 0.6) is 0 Å². The van der Waals surface area contributed by atoms with Crippen LogP contribution in [0.2, 0.25) is 0 Å². The molecular formula is C15H29N3O. The molecule has 4 heteroatoms. The first-order chi connectivity index (χ1) is 9.06. The number of rotatable bonds is 7. The van der Waals surface area contributed by atoms with Gasteiger partial charge in [-0.25, -0.2) is 0 Å². The fourth-order valence-corrected chi connectivity index (χ4v) is 2.67. The zero-order valence-electron chi connectivity index (χ0n) is 12.5. The van der Waals surface area contributed by atoms with E-state index < -0.39 is 0 Å². The molecule has 0 aromatic heterocycles. The molecule has 1 aliphatic rings. The maximum absolute atomic E-state index is 12.2. The van der Waals surface area contributed by atoms with Gasteiger partial charge in [-0.3, -0.25) is 9.69 Å². The van der Waals surface area contributed by atoms with Gasteiger partial charge in [-0.05, 0) is 24.8 Å². The molecule has 0 spiro atoms. The van der Waals surface area contributed by atoms with Gasteiger partial charge >= 0.3 is 0 Å². The highest BCUT2D eigenvalue weighted by atomic mass is 16.2. The maximum Gasteiger partial charge on any atom is 0.222 e.